The summed E-state index contributed by atoms with van der Waals surface area (Å²) in [6, 6.07) is 11.6. The average molecular weight is 534 g/mol. The number of nitrogens with one attached hydrogen (secondary N) is 1. The Morgan fingerprint density at radius 1 is 1.03 bits per heavy atom. The molecular formula is C23H21Cl2N5O4S. The highest BCUT2D eigenvalue weighted by atomic mass is 35.5. The Balaban J connectivity index is 1.57. The molecule has 4 aromatic rings. The van der Waals surface area contributed by atoms with E-state index in [0.29, 0.717) is 15.7 Å². The molecule has 0 bridgehead atoms. The van der Waals surface area contributed by atoms with Crippen LogP contribution in [0.3, 0.4) is 0 Å². The van der Waals surface area contributed by atoms with Crippen molar-refractivity contribution in [3.63, 3.8) is 0 Å². The van der Waals surface area contributed by atoms with Gasteiger partial charge in [-0.2, -0.15) is 10.2 Å². The van der Waals surface area contributed by atoms with E-state index in [1.165, 1.54) is 49.6 Å². The molecule has 0 fully saturated rings. The van der Waals surface area contributed by atoms with Crippen molar-refractivity contribution in [2.45, 2.75) is 30.3 Å². The number of amides is 1. The van der Waals surface area contributed by atoms with E-state index in [1.54, 1.807) is 21.6 Å². The molecule has 0 aliphatic rings. The second-order valence-corrected chi connectivity index (χ2v) is 10.4. The Labute approximate surface area is 212 Å². The van der Waals surface area contributed by atoms with Gasteiger partial charge in [-0.15, -0.1) is 0 Å². The molecule has 12 heteroatoms. The number of carbonyl (C=O) groups excluding carboxylic acids is 1. The van der Waals surface area contributed by atoms with Crippen LogP contribution in [0.15, 0.2) is 64.5 Å². The molecule has 0 spiro atoms. The number of aryl methyl sites for hydroxylation is 1. The molecule has 0 saturated carbocycles. The summed E-state index contributed by atoms with van der Waals surface area (Å²) in [5, 5.41) is 12.3. The number of carbonyl (C=O) groups is 1. The number of benzene rings is 2. The summed E-state index contributed by atoms with van der Waals surface area (Å²) in [5.41, 5.74) is 1.87. The van der Waals surface area contributed by atoms with Crippen LogP contribution in [0, 0.1) is 13.8 Å². The lowest BCUT2D eigenvalue weighted by molar-refractivity contribution is 0.102. The molecule has 9 nitrogen and oxygen atoms in total. The molecular weight excluding hydrogens is 513 g/mol. The Kier molecular flexibility index (Phi) is 6.88. The predicted octanol–water partition coefficient (Wildman–Crippen LogP) is 4.60. The van der Waals surface area contributed by atoms with Gasteiger partial charge < -0.3 is 10.1 Å². The normalized spacial score (nSPS) is 11.5. The number of ether oxygens (including phenoxy) is 1. The smallest absolute Gasteiger partial charge is 0.276 e. The molecule has 0 atom stereocenters. The van der Waals surface area contributed by atoms with Crippen LogP contribution < -0.4 is 10.1 Å². The minimum Gasteiger partial charge on any atom is -0.497 e. The van der Waals surface area contributed by atoms with Crippen molar-refractivity contribution in [3.8, 4) is 5.75 Å². The van der Waals surface area contributed by atoms with Gasteiger partial charge >= 0.3 is 0 Å². The lowest BCUT2D eigenvalue weighted by Crippen LogP contribution is -2.16. The maximum Gasteiger partial charge on any atom is 0.276 e. The summed E-state index contributed by atoms with van der Waals surface area (Å²) in [7, 11) is -2.47. The Morgan fingerprint density at radius 3 is 2.37 bits per heavy atom. The molecule has 0 unspecified atom stereocenters. The van der Waals surface area contributed by atoms with Crippen LogP contribution in [-0.2, 0) is 16.5 Å². The van der Waals surface area contributed by atoms with Crippen LogP contribution in [0.1, 0.15) is 21.9 Å². The number of sulfone groups is 1. The van der Waals surface area contributed by atoms with E-state index >= 15 is 0 Å². The Hall–Kier alpha value is -3.34. The molecule has 0 aliphatic carbocycles. The van der Waals surface area contributed by atoms with Crippen molar-refractivity contribution in [1.29, 1.82) is 0 Å². The van der Waals surface area contributed by atoms with Gasteiger partial charge in [0.25, 0.3) is 5.91 Å². The first-order valence-corrected chi connectivity index (χ1v) is 12.6. The summed E-state index contributed by atoms with van der Waals surface area (Å²) in [5.74, 6) is -0.250. The third-order valence-electron chi connectivity index (χ3n) is 5.25. The van der Waals surface area contributed by atoms with Crippen molar-refractivity contribution in [3.05, 3.63) is 81.9 Å². The molecule has 0 saturated heterocycles. The minimum atomic E-state index is -3.88. The molecule has 1 amide bonds. The van der Waals surface area contributed by atoms with Crippen molar-refractivity contribution >= 4 is 44.6 Å². The monoisotopic (exact) mass is 533 g/mol. The van der Waals surface area contributed by atoms with Crippen molar-refractivity contribution in [2.75, 3.05) is 12.4 Å². The quantitative estimate of drug-likeness (QED) is 0.371. The first kappa shape index (κ1) is 24.8. The summed E-state index contributed by atoms with van der Waals surface area (Å²) < 4.78 is 34.7. The number of rotatable bonds is 7. The van der Waals surface area contributed by atoms with Crippen LogP contribution in [-0.4, -0.2) is 41.0 Å². The first-order chi connectivity index (χ1) is 16.6. The van der Waals surface area contributed by atoms with Crippen LogP contribution in [0.2, 0.25) is 10.0 Å². The largest absolute Gasteiger partial charge is 0.497 e. The van der Waals surface area contributed by atoms with E-state index < -0.39 is 15.7 Å². The van der Waals surface area contributed by atoms with E-state index in [-0.39, 0.29) is 33.6 Å². The highest BCUT2D eigenvalue weighted by Gasteiger charge is 2.21. The number of anilines is 1. The zero-order valence-electron chi connectivity index (χ0n) is 19.0. The van der Waals surface area contributed by atoms with E-state index in [0.717, 1.165) is 5.69 Å². The zero-order chi connectivity index (χ0) is 25.3. The lowest BCUT2D eigenvalue weighted by Gasteiger charge is -2.11. The molecule has 2 aromatic carbocycles. The maximum absolute atomic E-state index is 13.1. The van der Waals surface area contributed by atoms with Crippen LogP contribution >= 0.6 is 23.2 Å². The van der Waals surface area contributed by atoms with Gasteiger partial charge in [0.05, 0.1) is 33.3 Å². The van der Waals surface area contributed by atoms with E-state index in [9.17, 15) is 13.2 Å². The minimum absolute atomic E-state index is 0.0404. The van der Waals surface area contributed by atoms with Gasteiger partial charge in [-0.25, -0.2) is 13.1 Å². The second kappa shape index (κ2) is 9.73. The van der Waals surface area contributed by atoms with Crippen molar-refractivity contribution in [1.82, 2.24) is 19.6 Å². The molecule has 0 radical (unpaired) electrons. The molecule has 4 rings (SSSR count). The average Bonchev–Trinajstić information content (AvgIpc) is 3.40. The summed E-state index contributed by atoms with van der Waals surface area (Å²) >= 11 is 12.1. The van der Waals surface area contributed by atoms with Gasteiger partial charge in [-0.3, -0.25) is 9.48 Å². The second-order valence-electron chi connectivity index (χ2n) is 7.67. The van der Waals surface area contributed by atoms with Crippen LogP contribution in [0.5, 0.6) is 5.75 Å². The molecule has 2 heterocycles. The van der Waals surface area contributed by atoms with Gasteiger partial charge in [0, 0.05) is 23.0 Å². The summed E-state index contributed by atoms with van der Waals surface area (Å²) in [4.78, 5) is 12.9. The lowest BCUT2D eigenvalue weighted by atomic mass is 10.3. The molecule has 0 aliphatic heterocycles. The fourth-order valence-corrected chi connectivity index (χ4v) is 4.95. The topological polar surface area (TPSA) is 108 Å². The molecule has 182 valence electrons. The summed E-state index contributed by atoms with van der Waals surface area (Å²) in [6.07, 6.45) is 1.64. The summed E-state index contributed by atoms with van der Waals surface area (Å²) in [6.45, 7) is 3.93. The van der Waals surface area contributed by atoms with Crippen LogP contribution in [0.25, 0.3) is 0 Å². The zero-order valence-corrected chi connectivity index (χ0v) is 21.3. The molecule has 1 N–H and O–H groups in total. The predicted molar refractivity (Wildman–Crippen MR) is 132 cm³/mol. The highest BCUT2D eigenvalue weighted by Crippen LogP contribution is 2.29. The van der Waals surface area contributed by atoms with E-state index in [1.807, 2.05) is 13.8 Å². The number of hydrogen-bond donors (Lipinski definition) is 1. The third kappa shape index (κ3) is 5.19. The van der Waals surface area contributed by atoms with Gasteiger partial charge in [0.15, 0.2) is 5.69 Å². The van der Waals surface area contributed by atoms with Gasteiger partial charge in [0.1, 0.15) is 12.4 Å². The van der Waals surface area contributed by atoms with Gasteiger partial charge in [-0.05, 0) is 56.3 Å². The molecule has 35 heavy (non-hydrogen) atoms. The number of methoxy groups -OCH3 is 1. The number of halogens is 2. The van der Waals surface area contributed by atoms with E-state index in [2.05, 4.69) is 15.5 Å². The first-order valence-electron chi connectivity index (χ1n) is 10.3. The maximum atomic E-state index is 13.1. The molecule has 2 aromatic heterocycles. The van der Waals surface area contributed by atoms with Gasteiger partial charge in [-0.1, -0.05) is 23.2 Å². The third-order valence-corrected chi connectivity index (χ3v) is 7.80. The number of hydrogen-bond acceptors (Lipinski definition) is 6. The fourth-order valence-electron chi connectivity index (χ4n) is 3.37. The van der Waals surface area contributed by atoms with E-state index in [4.69, 9.17) is 27.9 Å². The van der Waals surface area contributed by atoms with Crippen molar-refractivity contribution < 1.29 is 17.9 Å². The Morgan fingerprint density at radius 2 is 1.74 bits per heavy atom. The standard InChI is InChI=1S/C23H21Cl2N5O4S/c1-14-22(25)15(2)30(27-14)13-29-9-8-21(28-29)23(31)26-17-10-18(34-3)12-20(11-17)35(32,33)19-6-4-16(24)5-7-19/h4-12H,13H2,1-3H3,(H,26,31). The number of nitrogens with zero attached hydrogens (tertiary/aromatic N) is 4. The van der Waals surface area contributed by atoms with Crippen LogP contribution in [0.4, 0.5) is 5.69 Å². The number of aromatic nitrogens is 4. The van der Waals surface area contributed by atoms with Gasteiger partial charge in [0.2, 0.25) is 9.84 Å². The Bertz CT molecular complexity index is 1510. The van der Waals surface area contributed by atoms with Crippen molar-refractivity contribution in [2.24, 2.45) is 0 Å². The highest BCUT2D eigenvalue weighted by molar-refractivity contribution is 7.91. The fraction of sp³-hybridized carbons (Fsp3) is 0.174. The SMILES string of the molecule is COc1cc(NC(=O)c2ccn(Cn3nc(C)c(Cl)c3C)n2)cc(S(=O)(=O)c2ccc(Cl)cc2)c1.